The van der Waals surface area contributed by atoms with Crippen LogP contribution in [-0.4, -0.2) is 136 Å². The summed E-state index contributed by atoms with van der Waals surface area (Å²) in [5, 5.41) is 9.72. The summed E-state index contributed by atoms with van der Waals surface area (Å²) in [5.41, 5.74) is 1.16. The van der Waals surface area contributed by atoms with Crippen LogP contribution >= 0.6 is 0 Å². The number of benzene rings is 4. The van der Waals surface area contributed by atoms with Gasteiger partial charge in [-0.15, -0.1) is 0 Å². The molecule has 3 atom stereocenters. The summed E-state index contributed by atoms with van der Waals surface area (Å²) in [5.74, 6) is -0.928. The number of hydrogen-bond acceptors (Lipinski definition) is 15. The van der Waals surface area contributed by atoms with Gasteiger partial charge in [0, 0.05) is 85.6 Å². The Hall–Kier alpha value is -5.09. The molecule has 0 spiro atoms. The van der Waals surface area contributed by atoms with Gasteiger partial charge in [0.05, 0.1) is 42.3 Å². The molecule has 2 aliphatic rings. The Morgan fingerprint density at radius 1 is 0.613 bits per heavy atom. The Morgan fingerprint density at radius 2 is 1.13 bits per heavy atom. The summed E-state index contributed by atoms with van der Waals surface area (Å²) in [6, 6.07) is 9.76. The third-order valence-corrected chi connectivity index (χ3v) is 17.2. The number of carboxylic acids is 1. The zero-order valence-corrected chi connectivity index (χ0v) is 45.5. The van der Waals surface area contributed by atoms with E-state index in [-0.39, 0.29) is 60.8 Å². The molecule has 4 aromatic carbocycles. The topological polar surface area (TPSA) is 298 Å². The number of carboxylic acid groups (broad SMARTS) is 1. The first-order chi connectivity index (χ1) is 35.2. The van der Waals surface area contributed by atoms with Gasteiger partial charge in [-0.3, -0.25) is 23.0 Å². The normalized spacial score (nSPS) is 20.0. The van der Waals surface area contributed by atoms with E-state index < -0.39 is 82.9 Å². The van der Waals surface area contributed by atoms with Crippen LogP contribution in [0.15, 0.2) is 116 Å². The predicted octanol–water partition coefficient (Wildman–Crippen LogP) is 7.53. The Balaban J connectivity index is 1.44. The van der Waals surface area contributed by atoms with Gasteiger partial charge in [0.2, 0.25) is 0 Å². The van der Waals surface area contributed by atoms with E-state index in [0.717, 1.165) is 6.07 Å². The molecule has 0 fully saturated rings. The van der Waals surface area contributed by atoms with Gasteiger partial charge in [-0.2, -0.15) is 33.7 Å². The number of unbranched alkanes of at least 4 members (excludes halogenated alkanes) is 2. The molecule has 0 aromatic heterocycles. The van der Waals surface area contributed by atoms with Gasteiger partial charge in [0.1, 0.15) is 9.79 Å². The number of aliphatic carboxylic acids is 1. The largest absolute Gasteiger partial charge is 0.481 e. The summed E-state index contributed by atoms with van der Waals surface area (Å²) in [6.07, 6.45) is 14.9. The fourth-order valence-electron chi connectivity index (χ4n) is 10.3. The summed E-state index contributed by atoms with van der Waals surface area (Å²) in [4.78, 5) is 12.6. The van der Waals surface area contributed by atoms with E-state index in [0.29, 0.717) is 86.3 Å². The molecule has 0 saturated heterocycles. The van der Waals surface area contributed by atoms with E-state index in [1.54, 1.807) is 43.5 Å². The van der Waals surface area contributed by atoms with Crippen molar-refractivity contribution in [2.75, 3.05) is 76.8 Å². The average Bonchev–Trinajstić information content (AvgIpc) is 3.71. The number of ether oxygens (including phenoxy) is 4. The number of nitrogens with zero attached hydrogens (tertiary/aromatic N) is 2. The van der Waals surface area contributed by atoms with Crippen molar-refractivity contribution in [3.63, 3.8) is 0 Å². The highest BCUT2D eigenvalue weighted by molar-refractivity contribution is 7.87. The molecule has 75 heavy (non-hydrogen) atoms. The molecule has 20 nitrogen and oxygen atoms in total. The minimum atomic E-state index is -5.02. The van der Waals surface area contributed by atoms with Crippen molar-refractivity contribution in [2.24, 2.45) is 0 Å². The minimum absolute atomic E-state index is 0.0173. The van der Waals surface area contributed by atoms with Gasteiger partial charge in [-0.25, -0.2) is 0 Å². The first kappa shape index (κ1) is 59.2. The molecule has 6 rings (SSSR count). The van der Waals surface area contributed by atoms with Crippen LogP contribution in [-0.2, 0) is 75.0 Å². The first-order valence-electron chi connectivity index (χ1n) is 24.0. The molecule has 24 heteroatoms. The molecule has 3 unspecified atom stereocenters. The third kappa shape index (κ3) is 13.2. The summed E-state index contributed by atoms with van der Waals surface area (Å²) < 4.78 is 164. The SMILES string of the molecule is CCN1c2ccc3c(S(=O)(=O)O)cc(S(=O)(=O)O)cc3c2C(C)(CCOCCOC)C1C=CC=CC=CC=C1N(CCCCCC(=O)O)c2ccc3c(S(=O)(=O)O)cc(S(=O)(=O)O)cc3c2C1(C)CCOCCOC. The number of hydrogen-bond donors (Lipinski definition) is 5. The van der Waals surface area contributed by atoms with Crippen molar-refractivity contribution in [3.05, 3.63) is 108 Å². The Kier molecular flexibility index (Phi) is 19.0. The second-order valence-electron chi connectivity index (χ2n) is 18.6. The van der Waals surface area contributed by atoms with E-state index >= 15 is 0 Å². The maximum Gasteiger partial charge on any atom is 0.303 e. The minimum Gasteiger partial charge on any atom is -0.481 e. The number of fused-ring (bicyclic) bond motifs is 6. The van der Waals surface area contributed by atoms with E-state index in [2.05, 4.69) is 4.90 Å². The lowest BCUT2D eigenvalue weighted by Crippen LogP contribution is -2.42. The maximum absolute atomic E-state index is 12.8. The van der Waals surface area contributed by atoms with Crippen molar-refractivity contribution in [3.8, 4) is 0 Å². The number of anilines is 2. The molecule has 5 N–H and O–H groups in total. The van der Waals surface area contributed by atoms with Crippen molar-refractivity contribution in [1.82, 2.24) is 0 Å². The number of methoxy groups -OCH3 is 2. The van der Waals surface area contributed by atoms with Gasteiger partial charge < -0.3 is 33.9 Å². The number of rotatable bonds is 27. The van der Waals surface area contributed by atoms with E-state index in [1.807, 2.05) is 43.9 Å². The summed E-state index contributed by atoms with van der Waals surface area (Å²) >= 11 is 0. The monoisotopic (exact) mass is 1120 g/mol. The molecular formula is C51H64N2O18S4. The van der Waals surface area contributed by atoms with E-state index in [4.69, 9.17) is 18.9 Å². The van der Waals surface area contributed by atoms with Crippen LogP contribution in [0.3, 0.4) is 0 Å². The second kappa shape index (κ2) is 24.1. The van der Waals surface area contributed by atoms with Crippen LogP contribution in [0, 0.1) is 0 Å². The van der Waals surface area contributed by atoms with Crippen LogP contribution in [0.5, 0.6) is 0 Å². The lowest BCUT2D eigenvalue weighted by molar-refractivity contribution is -0.137. The molecule has 2 aliphatic heterocycles. The van der Waals surface area contributed by atoms with Gasteiger partial charge >= 0.3 is 5.97 Å². The number of allylic oxidation sites excluding steroid dienone is 7. The average molecular weight is 1120 g/mol. The van der Waals surface area contributed by atoms with Crippen molar-refractivity contribution >= 4 is 79.4 Å². The van der Waals surface area contributed by atoms with Crippen LogP contribution in [0.4, 0.5) is 11.4 Å². The fourth-order valence-corrected chi connectivity index (χ4v) is 13.0. The zero-order valence-electron chi connectivity index (χ0n) is 42.2. The molecule has 0 radical (unpaired) electrons. The van der Waals surface area contributed by atoms with Crippen molar-refractivity contribution in [1.29, 1.82) is 0 Å². The summed E-state index contributed by atoms with van der Waals surface area (Å²) in [6.45, 7) is 8.21. The Bertz CT molecular complexity index is 3370. The molecule has 410 valence electrons. The molecule has 0 saturated carbocycles. The standard InChI is InChI=1S/C51H64N2O18S4/c1-6-52-41-20-18-37-39(31-35(72(56,57)58)33-43(37)74(62,63)64)48(41)50(2,22-25-70-29-27-68-4)45(52)15-11-8-7-9-12-16-46-51(3,23-26-71-30-28-69-5)49-40-32-36(73(59,60)61)34-44(75(65,66)67)38(40)19-21-42(49)53(46)24-14-10-13-17-47(54)55/h7-9,11-12,15-16,18-21,31-34,45H,6,10,13-14,17,22-30H2,1-5H3,(H,54,55)(H,56,57,58)(H,59,60,61)(H,62,63,64)(H,65,66,67). The highest BCUT2D eigenvalue weighted by Crippen LogP contribution is 2.55. The van der Waals surface area contributed by atoms with Gasteiger partial charge in [-0.1, -0.05) is 61.9 Å². The fraction of sp³-hybridized carbons (Fsp3) is 0.431. The van der Waals surface area contributed by atoms with Crippen molar-refractivity contribution in [2.45, 2.75) is 95.7 Å². The van der Waals surface area contributed by atoms with Crippen LogP contribution in [0.25, 0.3) is 21.5 Å². The highest BCUT2D eigenvalue weighted by Gasteiger charge is 2.48. The predicted molar refractivity (Wildman–Crippen MR) is 282 cm³/mol. The maximum atomic E-state index is 12.8. The lowest BCUT2D eigenvalue weighted by Gasteiger charge is -2.35. The Morgan fingerprint density at radius 3 is 1.65 bits per heavy atom. The highest BCUT2D eigenvalue weighted by atomic mass is 32.2. The Labute approximate surface area is 438 Å². The lowest BCUT2D eigenvalue weighted by atomic mass is 9.74. The zero-order chi connectivity index (χ0) is 55.1. The van der Waals surface area contributed by atoms with Crippen LogP contribution in [0.1, 0.15) is 70.4 Å². The van der Waals surface area contributed by atoms with Crippen LogP contribution < -0.4 is 9.80 Å². The second-order valence-corrected chi connectivity index (χ2v) is 24.2. The van der Waals surface area contributed by atoms with Crippen molar-refractivity contribution < 1.29 is 80.7 Å². The molecule has 0 bridgehead atoms. The van der Waals surface area contributed by atoms with Gasteiger partial charge in [0.25, 0.3) is 40.5 Å². The number of carbonyl (C=O) groups is 1. The first-order valence-corrected chi connectivity index (χ1v) is 29.7. The molecule has 0 aliphatic carbocycles. The van der Waals surface area contributed by atoms with Gasteiger partial charge in [0.15, 0.2) is 0 Å². The molecule has 0 amide bonds. The van der Waals surface area contributed by atoms with E-state index in [9.17, 15) is 61.8 Å². The quantitative estimate of drug-likeness (QED) is 0.0219. The third-order valence-electron chi connectivity index (χ3n) is 13.8. The molecular weight excluding hydrogens is 1060 g/mol. The number of likely N-dealkylation sites (N-methyl/N-ethyl adjacent to an activating group) is 1. The van der Waals surface area contributed by atoms with Gasteiger partial charge in [-0.05, 0) is 104 Å². The molecule has 2 heterocycles. The van der Waals surface area contributed by atoms with Crippen LogP contribution in [0.2, 0.25) is 0 Å². The molecule has 4 aromatic rings. The van der Waals surface area contributed by atoms with E-state index in [1.165, 1.54) is 31.4 Å². The summed E-state index contributed by atoms with van der Waals surface area (Å²) in [7, 11) is -16.8. The smallest absolute Gasteiger partial charge is 0.303 e.